The summed E-state index contributed by atoms with van der Waals surface area (Å²) in [7, 11) is 0. The number of fused-ring (bicyclic) bond motifs is 1. The lowest BCUT2D eigenvalue weighted by molar-refractivity contribution is -0.136. The van der Waals surface area contributed by atoms with Gasteiger partial charge in [-0.15, -0.1) is 0 Å². The molecule has 2 amide bonds. The summed E-state index contributed by atoms with van der Waals surface area (Å²) in [5, 5.41) is 21.6. The van der Waals surface area contributed by atoms with Gasteiger partial charge in [-0.05, 0) is 39.2 Å². The van der Waals surface area contributed by atoms with Crippen LogP contribution in [0.3, 0.4) is 0 Å². The third kappa shape index (κ3) is 4.09. The second-order valence-corrected chi connectivity index (χ2v) is 9.31. The highest BCUT2D eigenvalue weighted by molar-refractivity contribution is 6.02. The number of nitrogens with two attached hydrogens (primary N) is 1. The minimum atomic E-state index is -1.09. The number of hydrogen-bond donors (Lipinski definition) is 2. The number of nitrogens with one attached hydrogen (secondary N) is 1. The van der Waals surface area contributed by atoms with Gasteiger partial charge in [-0.1, -0.05) is 6.92 Å². The predicted molar refractivity (Wildman–Crippen MR) is 128 cm³/mol. The van der Waals surface area contributed by atoms with Gasteiger partial charge in [0.2, 0.25) is 5.91 Å². The van der Waals surface area contributed by atoms with Gasteiger partial charge >= 0.3 is 0 Å². The number of hydrogen-bond acceptors (Lipinski definition) is 6. The molecule has 34 heavy (non-hydrogen) atoms. The Kier molecular flexibility index (Phi) is 6.04. The summed E-state index contributed by atoms with van der Waals surface area (Å²) in [5.74, 6) is -0.612. The van der Waals surface area contributed by atoms with Crippen molar-refractivity contribution in [3.8, 4) is 17.2 Å². The van der Waals surface area contributed by atoms with Gasteiger partial charge in [0.1, 0.15) is 5.41 Å². The van der Waals surface area contributed by atoms with E-state index in [1.165, 1.54) is 6.20 Å². The molecule has 178 valence electrons. The maximum absolute atomic E-state index is 12.9. The number of anilines is 1. The molecule has 0 aromatic carbocycles. The molecule has 0 spiro atoms. The number of nitrogens with zero attached hydrogens (tertiary/aromatic N) is 6. The second kappa shape index (κ2) is 8.82. The number of rotatable bonds is 7. The number of nitriles is 1. The summed E-state index contributed by atoms with van der Waals surface area (Å²) < 4.78 is 3.56. The zero-order valence-corrected chi connectivity index (χ0v) is 19.9. The average molecular weight is 463 g/mol. The van der Waals surface area contributed by atoms with Crippen LogP contribution in [0.1, 0.15) is 44.5 Å². The normalized spacial score (nSPS) is 18.3. The number of carbonyl (C=O) groups is 2. The number of primary amides is 1. The van der Waals surface area contributed by atoms with Crippen LogP contribution in [0.15, 0.2) is 30.9 Å². The van der Waals surface area contributed by atoms with Crippen molar-refractivity contribution >= 4 is 23.0 Å². The molecule has 1 saturated heterocycles. The molecule has 4 rings (SSSR count). The maximum atomic E-state index is 12.9. The average Bonchev–Trinajstić information content (AvgIpc) is 3.55. The molecular formula is C24H30N8O2. The van der Waals surface area contributed by atoms with Crippen molar-refractivity contribution in [3.63, 3.8) is 0 Å². The van der Waals surface area contributed by atoms with E-state index in [2.05, 4.69) is 28.5 Å². The highest BCUT2D eigenvalue weighted by Gasteiger charge is 2.40. The molecule has 10 heteroatoms. The summed E-state index contributed by atoms with van der Waals surface area (Å²) in [6.45, 7) is 9.12. The largest absolute Gasteiger partial charge is 0.378 e. The van der Waals surface area contributed by atoms with E-state index in [-0.39, 0.29) is 17.9 Å². The first kappa shape index (κ1) is 23.3. The van der Waals surface area contributed by atoms with E-state index in [1.807, 2.05) is 30.1 Å². The van der Waals surface area contributed by atoms with Crippen molar-refractivity contribution in [2.75, 3.05) is 18.4 Å². The summed E-state index contributed by atoms with van der Waals surface area (Å²) >= 11 is 0. The van der Waals surface area contributed by atoms with Gasteiger partial charge in [-0.2, -0.15) is 15.5 Å². The minimum Gasteiger partial charge on any atom is -0.378 e. The van der Waals surface area contributed by atoms with E-state index in [0.29, 0.717) is 29.9 Å². The van der Waals surface area contributed by atoms with Crippen molar-refractivity contribution < 1.29 is 9.59 Å². The molecule has 10 nitrogen and oxygen atoms in total. The van der Waals surface area contributed by atoms with Crippen LogP contribution in [0.4, 0.5) is 5.69 Å². The first-order valence-corrected chi connectivity index (χ1v) is 11.5. The fraction of sp³-hybridized carbons (Fsp3) is 0.458. The topological polar surface area (TPSA) is 134 Å². The molecule has 0 radical (unpaired) electrons. The van der Waals surface area contributed by atoms with Crippen molar-refractivity contribution in [3.05, 3.63) is 36.4 Å². The number of aryl methyl sites for hydroxylation is 1. The van der Waals surface area contributed by atoms with Gasteiger partial charge in [0.05, 0.1) is 35.2 Å². The van der Waals surface area contributed by atoms with Crippen molar-refractivity contribution in [2.24, 2.45) is 17.1 Å². The number of likely N-dealkylation sites (tertiary alicyclic amines) is 1. The van der Waals surface area contributed by atoms with Crippen LogP contribution in [0.5, 0.6) is 0 Å². The lowest BCUT2D eigenvalue weighted by Crippen LogP contribution is -2.40. The Morgan fingerprint density at radius 2 is 1.97 bits per heavy atom. The molecule has 0 saturated carbocycles. The van der Waals surface area contributed by atoms with Crippen LogP contribution >= 0.6 is 0 Å². The van der Waals surface area contributed by atoms with Gasteiger partial charge in [0.15, 0.2) is 0 Å². The predicted octanol–water partition coefficient (Wildman–Crippen LogP) is 2.52. The molecule has 1 fully saturated rings. The highest BCUT2D eigenvalue weighted by atomic mass is 16.2. The molecule has 3 aromatic heterocycles. The van der Waals surface area contributed by atoms with E-state index < -0.39 is 11.3 Å². The summed E-state index contributed by atoms with van der Waals surface area (Å²) in [5.41, 5.74) is 8.07. The van der Waals surface area contributed by atoms with Crippen LogP contribution in [-0.4, -0.2) is 55.2 Å². The summed E-state index contributed by atoms with van der Waals surface area (Å²) in [6.07, 6.45) is 7.95. The van der Waals surface area contributed by atoms with Gasteiger partial charge < -0.3 is 16.0 Å². The monoisotopic (exact) mass is 462 g/mol. The standard InChI is InChI=1S/C24H30N8O2/c1-5-15-10-30(23(34)24(3,4)14-25)13-19(15)29-21-18(22(26)33)9-28-32-12-16(7-20(21)32)17-8-27-31(6-2)11-17/h7-9,11-12,15,19,29H,5-6,10,13H2,1-4H3,(H2,26,33)/t15-,19-/m1/s1. The third-order valence-electron chi connectivity index (χ3n) is 6.59. The van der Waals surface area contributed by atoms with Gasteiger partial charge in [0, 0.05) is 49.2 Å². The minimum absolute atomic E-state index is 0.103. The molecule has 0 aliphatic carbocycles. The second-order valence-electron chi connectivity index (χ2n) is 9.31. The summed E-state index contributed by atoms with van der Waals surface area (Å²) in [6, 6.07) is 3.95. The smallest absolute Gasteiger partial charge is 0.252 e. The maximum Gasteiger partial charge on any atom is 0.252 e. The number of aromatic nitrogens is 4. The Bertz CT molecular complexity index is 1280. The van der Waals surface area contributed by atoms with Gasteiger partial charge in [-0.3, -0.25) is 14.3 Å². The van der Waals surface area contributed by atoms with Crippen LogP contribution in [-0.2, 0) is 11.3 Å². The van der Waals surface area contributed by atoms with Gasteiger partial charge in [0.25, 0.3) is 5.91 Å². The van der Waals surface area contributed by atoms with E-state index >= 15 is 0 Å². The fourth-order valence-corrected chi connectivity index (χ4v) is 4.48. The molecule has 1 aliphatic heterocycles. The Morgan fingerprint density at radius 3 is 2.59 bits per heavy atom. The molecule has 2 atom stereocenters. The van der Waals surface area contributed by atoms with Crippen LogP contribution in [0, 0.1) is 22.7 Å². The summed E-state index contributed by atoms with van der Waals surface area (Å²) in [4.78, 5) is 26.9. The van der Waals surface area contributed by atoms with E-state index in [9.17, 15) is 14.9 Å². The lowest BCUT2D eigenvalue weighted by Gasteiger charge is -2.24. The molecular weight excluding hydrogens is 432 g/mol. The van der Waals surface area contributed by atoms with Crippen LogP contribution in [0.25, 0.3) is 16.6 Å². The molecule has 3 aromatic rings. The van der Waals surface area contributed by atoms with Crippen LogP contribution in [0.2, 0.25) is 0 Å². The lowest BCUT2D eigenvalue weighted by atomic mass is 9.94. The fourth-order valence-electron chi connectivity index (χ4n) is 4.48. The number of carbonyl (C=O) groups excluding carboxylic acids is 2. The van der Waals surface area contributed by atoms with E-state index in [0.717, 1.165) is 24.1 Å². The number of amides is 2. The molecule has 3 N–H and O–H groups in total. The Morgan fingerprint density at radius 1 is 1.21 bits per heavy atom. The third-order valence-corrected chi connectivity index (χ3v) is 6.59. The van der Waals surface area contributed by atoms with Crippen LogP contribution < -0.4 is 11.1 Å². The first-order valence-electron chi connectivity index (χ1n) is 11.5. The Hall–Kier alpha value is -3.87. The quantitative estimate of drug-likeness (QED) is 0.554. The molecule has 1 aliphatic rings. The zero-order valence-electron chi connectivity index (χ0n) is 19.9. The van der Waals surface area contributed by atoms with Crippen molar-refractivity contribution in [1.82, 2.24) is 24.3 Å². The van der Waals surface area contributed by atoms with Crippen molar-refractivity contribution in [2.45, 2.75) is 46.7 Å². The Labute approximate surface area is 198 Å². The zero-order chi connectivity index (χ0) is 24.6. The molecule has 0 bridgehead atoms. The van der Waals surface area contributed by atoms with Crippen molar-refractivity contribution in [1.29, 1.82) is 5.26 Å². The van der Waals surface area contributed by atoms with E-state index in [4.69, 9.17) is 5.73 Å². The molecule has 0 unspecified atom stereocenters. The van der Waals surface area contributed by atoms with E-state index in [1.54, 1.807) is 29.5 Å². The molecule has 4 heterocycles. The van der Waals surface area contributed by atoms with Gasteiger partial charge in [-0.25, -0.2) is 4.52 Å². The Balaban J connectivity index is 1.71. The SMILES string of the molecule is CC[C@@H]1CN(C(=O)C(C)(C)C#N)C[C@H]1Nc1c(C(N)=O)cnn2cc(-c3cnn(CC)c3)cc12. The highest BCUT2D eigenvalue weighted by Crippen LogP contribution is 2.32. The first-order chi connectivity index (χ1) is 16.2.